The Morgan fingerprint density at radius 1 is 0.677 bits per heavy atom. The Labute approximate surface area is 175 Å². The third-order valence-corrected chi connectivity index (χ3v) is 4.07. The lowest BCUT2D eigenvalue weighted by atomic mass is 10.2. The minimum absolute atomic E-state index is 0.147. The normalized spacial score (nSPS) is 10.3. The lowest BCUT2D eigenvalue weighted by Gasteiger charge is -2.14. The number of rotatable bonds is 8. The third kappa shape index (κ3) is 4.90. The smallest absolute Gasteiger partial charge is 0.273 e. The van der Waals surface area contributed by atoms with Crippen LogP contribution in [0.4, 0.5) is 17.1 Å². The van der Waals surface area contributed by atoms with Gasteiger partial charge in [0.25, 0.3) is 11.4 Å². The van der Waals surface area contributed by atoms with Crippen molar-refractivity contribution in [1.29, 1.82) is 0 Å². The van der Waals surface area contributed by atoms with Gasteiger partial charge < -0.3 is 24.7 Å². The van der Waals surface area contributed by atoms with E-state index in [9.17, 15) is 20.2 Å². The summed E-state index contributed by atoms with van der Waals surface area (Å²) in [5.41, 5.74) is 5.95. The maximum absolute atomic E-state index is 10.9. The number of anilines is 1. The number of nitro benzene ring substituents is 2. The van der Waals surface area contributed by atoms with Crippen LogP contribution >= 0.6 is 0 Å². The first-order valence-corrected chi connectivity index (χ1v) is 8.72. The fraction of sp³-hybridized carbons (Fsp3) is 0.100. The van der Waals surface area contributed by atoms with E-state index in [0.717, 1.165) is 0 Å². The first kappa shape index (κ1) is 21.2. The molecular formula is C20H17N3O8. The van der Waals surface area contributed by atoms with Gasteiger partial charge in [0, 0.05) is 36.0 Å². The molecule has 0 spiro atoms. The molecule has 0 aliphatic rings. The molecule has 160 valence electrons. The number of benzene rings is 3. The molecule has 0 bridgehead atoms. The minimum atomic E-state index is -0.545. The van der Waals surface area contributed by atoms with Crippen molar-refractivity contribution < 1.29 is 28.8 Å². The highest BCUT2D eigenvalue weighted by Gasteiger charge is 2.16. The van der Waals surface area contributed by atoms with Gasteiger partial charge in [-0.1, -0.05) is 0 Å². The van der Waals surface area contributed by atoms with Crippen LogP contribution in [0.2, 0.25) is 0 Å². The lowest BCUT2D eigenvalue weighted by Crippen LogP contribution is -1.96. The number of nitro groups is 2. The van der Waals surface area contributed by atoms with Gasteiger partial charge in [0.05, 0.1) is 36.2 Å². The topological polar surface area (TPSA) is 149 Å². The third-order valence-electron chi connectivity index (χ3n) is 4.07. The zero-order valence-electron chi connectivity index (χ0n) is 16.4. The van der Waals surface area contributed by atoms with Crippen molar-refractivity contribution in [3.05, 3.63) is 74.8 Å². The van der Waals surface area contributed by atoms with E-state index in [1.54, 1.807) is 0 Å². The molecule has 0 heterocycles. The zero-order chi connectivity index (χ0) is 22.5. The summed E-state index contributed by atoms with van der Waals surface area (Å²) in [4.78, 5) is 20.8. The van der Waals surface area contributed by atoms with Gasteiger partial charge in [-0.2, -0.15) is 0 Å². The Bertz CT molecular complexity index is 1060. The molecule has 3 aromatic carbocycles. The number of non-ortho nitro benzene ring substituents is 2. The second-order valence-corrected chi connectivity index (χ2v) is 6.13. The SMILES string of the molecule is COc1cc([N+](=O)[O-])ccc1Oc1cc(N)cc(Oc2ccc([N+](=O)[O-])cc2OC)c1. The van der Waals surface area contributed by atoms with Crippen LogP contribution in [0.1, 0.15) is 0 Å². The van der Waals surface area contributed by atoms with Gasteiger partial charge >= 0.3 is 0 Å². The highest BCUT2D eigenvalue weighted by atomic mass is 16.6. The van der Waals surface area contributed by atoms with Crippen LogP contribution in [-0.4, -0.2) is 24.1 Å². The van der Waals surface area contributed by atoms with Crippen molar-refractivity contribution in [3.63, 3.8) is 0 Å². The summed E-state index contributed by atoms with van der Waals surface area (Å²) < 4.78 is 21.9. The van der Waals surface area contributed by atoms with Gasteiger partial charge in [-0.05, 0) is 12.1 Å². The van der Waals surface area contributed by atoms with E-state index in [2.05, 4.69) is 0 Å². The Balaban J connectivity index is 1.90. The van der Waals surface area contributed by atoms with E-state index in [1.807, 2.05) is 0 Å². The second kappa shape index (κ2) is 8.86. The van der Waals surface area contributed by atoms with Crippen molar-refractivity contribution in [2.45, 2.75) is 0 Å². The standard InChI is InChI=1S/C20H17N3O8/c1-28-19-9-13(22(24)25)3-5-17(19)30-15-7-12(21)8-16(11-15)31-18-6-4-14(23(26)27)10-20(18)29-2/h3-11H,21H2,1-2H3. The van der Waals surface area contributed by atoms with Gasteiger partial charge in [-0.15, -0.1) is 0 Å². The van der Waals surface area contributed by atoms with Crippen molar-refractivity contribution in [3.8, 4) is 34.5 Å². The van der Waals surface area contributed by atoms with Crippen LogP contribution in [-0.2, 0) is 0 Å². The van der Waals surface area contributed by atoms with Crippen molar-refractivity contribution >= 4 is 17.1 Å². The van der Waals surface area contributed by atoms with Crippen LogP contribution in [0, 0.1) is 20.2 Å². The average Bonchev–Trinajstić information content (AvgIpc) is 2.73. The summed E-state index contributed by atoms with van der Waals surface area (Å²) in [7, 11) is 2.72. The summed E-state index contributed by atoms with van der Waals surface area (Å²) in [5.74, 6) is 1.36. The van der Waals surface area contributed by atoms with Gasteiger partial charge in [-0.25, -0.2) is 0 Å². The number of hydrogen-bond donors (Lipinski definition) is 1. The van der Waals surface area contributed by atoms with Crippen molar-refractivity contribution in [2.75, 3.05) is 20.0 Å². The molecule has 0 fully saturated rings. The van der Waals surface area contributed by atoms with E-state index >= 15 is 0 Å². The molecular weight excluding hydrogens is 410 g/mol. The summed E-state index contributed by atoms with van der Waals surface area (Å²) in [5, 5.41) is 21.9. The fourth-order valence-corrected chi connectivity index (χ4v) is 2.67. The van der Waals surface area contributed by atoms with Crippen molar-refractivity contribution in [1.82, 2.24) is 0 Å². The zero-order valence-corrected chi connectivity index (χ0v) is 16.4. The molecule has 0 unspecified atom stereocenters. The molecule has 0 amide bonds. The second-order valence-electron chi connectivity index (χ2n) is 6.13. The highest BCUT2D eigenvalue weighted by molar-refractivity contribution is 5.56. The number of ether oxygens (including phenoxy) is 4. The van der Waals surface area contributed by atoms with Crippen LogP contribution in [0.25, 0.3) is 0 Å². The summed E-state index contributed by atoms with van der Waals surface area (Å²) >= 11 is 0. The molecule has 0 atom stereocenters. The van der Waals surface area contributed by atoms with E-state index in [1.165, 1.54) is 68.8 Å². The van der Waals surface area contributed by atoms with Crippen LogP contribution in [0.5, 0.6) is 34.5 Å². The molecule has 2 N–H and O–H groups in total. The minimum Gasteiger partial charge on any atom is -0.493 e. The van der Waals surface area contributed by atoms with E-state index in [0.29, 0.717) is 5.69 Å². The molecule has 11 heteroatoms. The van der Waals surface area contributed by atoms with E-state index in [4.69, 9.17) is 24.7 Å². The van der Waals surface area contributed by atoms with Gasteiger partial charge in [0.2, 0.25) is 0 Å². The Hall–Kier alpha value is -4.54. The predicted molar refractivity (Wildman–Crippen MR) is 110 cm³/mol. The van der Waals surface area contributed by atoms with Gasteiger partial charge in [0.15, 0.2) is 23.0 Å². The molecule has 0 saturated heterocycles. The molecule has 0 saturated carbocycles. The molecule has 3 rings (SSSR count). The molecule has 0 aliphatic heterocycles. The molecule has 0 aliphatic carbocycles. The summed E-state index contributed by atoms with van der Waals surface area (Å²) in [6.45, 7) is 0. The number of methoxy groups -OCH3 is 2. The van der Waals surface area contributed by atoms with Crippen LogP contribution in [0.15, 0.2) is 54.6 Å². The molecule has 31 heavy (non-hydrogen) atoms. The maximum atomic E-state index is 10.9. The Kier molecular flexibility index (Phi) is 6.05. The summed E-state index contributed by atoms with van der Waals surface area (Å²) in [6.07, 6.45) is 0. The van der Waals surface area contributed by atoms with Crippen LogP contribution < -0.4 is 24.7 Å². The predicted octanol–water partition coefficient (Wildman–Crippen LogP) is 4.69. The number of nitrogen functional groups attached to an aromatic ring is 1. The summed E-state index contributed by atoms with van der Waals surface area (Å²) in [6, 6.07) is 12.4. The largest absolute Gasteiger partial charge is 0.493 e. The first-order chi connectivity index (χ1) is 14.8. The quantitative estimate of drug-likeness (QED) is 0.307. The maximum Gasteiger partial charge on any atom is 0.273 e. The monoisotopic (exact) mass is 427 g/mol. The molecule has 0 aromatic heterocycles. The molecule has 0 radical (unpaired) electrons. The molecule has 11 nitrogen and oxygen atoms in total. The number of nitrogens with two attached hydrogens (primary N) is 1. The van der Waals surface area contributed by atoms with E-state index < -0.39 is 9.85 Å². The first-order valence-electron chi connectivity index (χ1n) is 8.72. The Morgan fingerprint density at radius 3 is 1.45 bits per heavy atom. The van der Waals surface area contributed by atoms with Crippen molar-refractivity contribution in [2.24, 2.45) is 0 Å². The fourth-order valence-electron chi connectivity index (χ4n) is 2.67. The van der Waals surface area contributed by atoms with Gasteiger partial charge in [-0.3, -0.25) is 20.2 Å². The van der Waals surface area contributed by atoms with E-state index in [-0.39, 0.29) is 45.9 Å². The van der Waals surface area contributed by atoms with Crippen LogP contribution in [0.3, 0.4) is 0 Å². The number of hydrogen-bond acceptors (Lipinski definition) is 9. The number of nitrogens with zero attached hydrogens (tertiary/aromatic N) is 2. The average molecular weight is 427 g/mol. The van der Waals surface area contributed by atoms with Gasteiger partial charge in [0.1, 0.15) is 11.5 Å². The lowest BCUT2D eigenvalue weighted by molar-refractivity contribution is -0.385. The highest BCUT2D eigenvalue weighted by Crippen LogP contribution is 2.39. The Morgan fingerprint density at radius 2 is 1.10 bits per heavy atom. The molecule has 3 aromatic rings.